The molecule has 1 N–H and O–H groups in total. The standard InChI is InChI=1S/C28H24N2O5.HI/c1-32-23-9-8-19-21(14-29-28(31)17-6-4-3-5-7-17)26-20-13-25-24(34-16-35-25)12-18(20)10-11-30(26)15-22(19)27(23)33-2;/h3-9,12-13,15H,10-11,14,16H2,1-2H3;1H. The van der Waals surface area contributed by atoms with Crippen LogP contribution in [0, 0.1) is 0 Å². The first kappa shape index (κ1) is 24.2. The number of nitrogens with zero attached hydrogens (tertiary/aromatic N) is 1. The molecule has 0 atom stereocenters. The van der Waals surface area contributed by atoms with Crippen LogP contribution < -0.4 is 52.8 Å². The lowest BCUT2D eigenvalue weighted by molar-refractivity contribution is -0.686. The normalized spacial score (nSPS) is 12.8. The Hall–Kier alpha value is -3.53. The molecule has 0 saturated heterocycles. The van der Waals surface area contributed by atoms with E-state index in [-0.39, 0.29) is 36.7 Å². The summed E-state index contributed by atoms with van der Waals surface area (Å²) in [7, 11) is 3.28. The van der Waals surface area contributed by atoms with Crippen molar-refractivity contribution in [3.63, 3.8) is 0 Å². The van der Waals surface area contributed by atoms with Gasteiger partial charge >= 0.3 is 0 Å². The summed E-state index contributed by atoms with van der Waals surface area (Å²) in [5.74, 6) is 2.74. The van der Waals surface area contributed by atoms with Gasteiger partial charge in [-0.3, -0.25) is 4.79 Å². The van der Waals surface area contributed by atoms with Gasteiger partial charge in [0.2, 0.25) is 12.5 Å². The van der Waals surface area contributed by atoms with Crippen molar-refractivity contribution < 1.29 is 52.3 Å². The van der Waals surface area contributed by atoms with Crippen molar-refractivity contribution in [1.29, 1.82) is 0 Å². The van der Waals surface area contributed by atoms with Crippen LogP contribution in [0.4, 0.5) is 0 Å². The minimum absolute atomic E-state index is 0. The third-order valence-electron chi connectivity index (χ3n) is 6.70. The van der Waals surface area contributed by atoms with E-state index in [1.165, 1.54) is 5.56 Å². The Morgan fingerprint density at radius 2 is 1.78 bits per heavy atom. The number of halogens is 1. The number of rotatable bonds is 5. The maximum atomic E-state index is 12.9. The highest BCUT2D eigenvalue weighted by atomic mass is 127. The van der Waals surface area contributed by atoms with Crippen molar-refractivity contribution in [2.45, 2.75) is 19.5 Å². The number of carbonyl (C=O) groups excluding carboxylic acids is 1. The number of nitrogens with one attached hydrogen (secondary N) is 1. The number of methoxy groups -OCH3 is 2. The first-order chi connectivity index (χ1) is 17.2. The average Bonchev–Trinajstić information content (AvgIpc) is 3.36. The fourth-order valence-corrected chi connectivity index (χ4v) is 5.05. The third kappa shape index (κ3) is 3.99. The van der Waals surface area contributed by atoms with Gasteiger partial charge in [0.15, 0.2) is 35.7 Å². The van der Waals surface area contributed by atoms with Crippen LogP contribution in [0.3, 0.4) is 0 Å². The largest absolute Gasteiger partial charge is 1.00 e. The van der Waals surface area contributed by atoms with Crippen LogP contribution in [0.2, 0.25) is 0 Å². The van der Waals surface area contributed by atoms with Gasteiger partial charge in [-0.05, 0) is 42.0 Å². The number of pyridine rings is 1. The highest BCUT2D eigenvalue weighted by Gasteiger charge is 2.32. The van der Waals surface area contributed by atoms with Crippen molar-refractivity contribution in [1.82, 2.24) is 5.32 Å². The molecule has 2 aliphatic heterocycles. The lowest BCUT2D eigenvalue weighted by Crippen LogP contribution is -3.00. The lowest BCUT2D eigenvalue weighted by Gasteiger charge is -2.21. The smallest absolute Gasteiger partial charge is 0.251 e. The van der Waals surface area contributed by atoms with Crippen LogP contribution in [0.25, 0.3) is 22.0 Å². The number of hydrogen-bond acceptors (Lipinski definition) is 5. The SMILES string of the molecule is COc1ccc2c(CNC(=O)c3ccccc3)c3[n+](cc2c1OC)CCc1cc2c(cc1-3)OCO2.[I-]. The summed E-state index contributed by atoms with van der Waals surface area (Å²) in [6.45, 7) is 1.37. The van der Waals surface area contributed by atoms with Crippen LogP contribution in [-0.2, 0) is 19.5 Å². The molecule has 0 bridgehead atoms. The van der Waals surface area contributed by atoms with E-state index in [4.69, 9.17) is 18.9 Å². The number of ether oxygens (including phenoxy) is 4. The molecule has 36 heavy (non-hydrogen) atoms. The molecule has 1 aromatic heterocycles. The van der Waals surface area contributed by atoms with E-state index in [1.807, 2.05) is 42.5 Å². The number of fused-ring (bicyclic) bond motifs is 5. The molecule has 0 fully saturated rings. The molecule has 3 heterocycles. The molecule has 0 saturated carbocycles. The van der Waals surface area contributed by atoms with Crippen LogP contribution in [0.1, 0.15) is 21.5 Å². The first-order valence-electron chi connectivity index (χ1n) is 11.5. The summed E-state index contributed by atoms with van der Waals surface area (Å²) in [5.41, 5.74) is 4.97. The minimum Gasteiger partial charge on any atom is -1.00 e. The van der Waals surface area contributed by atoms with E-state index >= 15 is 0 Å². The third-order valence-corrected chi connectivity index (χ3v) is 6.70. The molecule has 1 amide bonds. The number of benzene rings is 3. The molecular formula is C28H25IN2O5. The molecule has 0 unspecified atom stereocenters. The van der Waals surface area contributed by atoms with Gasteiger partial charge in [0.1, 0.15) is 0 Å². The summed E-state index contributed by atoms with van der Waals surface area (Å²) in [4.78, 5) is 12.9. The molecule has 3 aromatic carbocycles. The molecule has 184 valence electrons. The average molecular weight is 596 g/mol. The summed E-state index contributed by atoms with van der Waals surface area (Å²) in [5, 5.41) is 5.05. The second-order valence-corrected chi connectivity index (χ2v) is 8.57. The monoisotopic (exact) mass is 596 g/mol. The van der Waals surface area contributed by atoms with Gasteiger partial charge in [-0.1, -0.05) is 18.2 Å². The zero-order valence-electron chi connectivity index (χ0n) is 20.0. The van der Waals surface area contributed by atoms with E-state index < -0.39 is 0 Å². The molecule has 7 nitrogen and oxygen atoms in total. The molecule has 0 spiro atoms. The second kappa shape index (κ2) is 9.85. The Bertz CT molecular complexity index is 1470. The van der Waals surface area contributed by atoms with Gasteiger partial charge in [-0.2, -0.15) is 4.57 Å². The van der Waals surface area contributed by atoms with Crippen molar-refractivity contribution in [2.75, 3.05) is 21.0 Å². The van der Waals surface area contributed by atoms with Gasteiger partial charge < -0.3 is 48.2 Å². The van der Waals surface area contributed by atoms with E-state index in [2.05, 4.69) is 28.2 Å². The number of hydrogen-bond donors (Lipinski definition) is 1. The number of carbonyl (C=O) groups is 1. The Morgan fingerprint density at radius 1 is 1.00 bits per heavy atom. The fraction of sp³-hybridized carbons (Fsp3) is 0.214. The maximum absolute atomic E-state index is 12.9. The maximum Gasteiger partial charge on any atom is 0.251 e. The minimum atomic E-state index is -0.122. The lowest BCUT2D eigenvalue weighted by atomic mass is 9.91. The molecule has 6 rings (SSSR count). The predicted octanol–water partition coefficient (Wildman–Crippen LogP) is 1.03. The Morgan fingerprint density at radius 3 is 2.53 bits per heavy atom. The quantitative estimate of drug-likeness (QED) is 0.276. The zero-order valence-corrected chi connectivity index (χ0v) is 22.1. The van der Waals surface area contributed by atoms with Gasteiger partial charge in [-0.15, -0.1) is 0 Å². The van der Waals surface area contributed by atoms with Crippen molar-refractivity contribution in [2.24, 2.45) is 0 Å². The first-order valence-corrected chi connectivity index (χ1v) is 11.5. The van der Waals surface area contributed by atoms with Crippen LogP contribution in [0.5, 0.6) is 23.0 Å². The van der Waals surface area contributed by atoms with Crippen LogP contribution >= 0.6 is 0 Å². The van der Waals surface area contributed by atoms with Crippen LogP contribution in [0.15, 0.2) is 60.8 Å². The van der Waals surface area contributed by atoms with Gasteiger partial charge in [0.25, 0.3) is 5.91 Å². The fourth-order valence-electron chi connectivity index (χ4n) is 5.05. The van der Waals surface area contributed by atoms with Gasteiger partial charge in [0, 0.05) is 17.4 Å². The zero-order chi connectivity index (χ0) is 23.9. The molecule has 0 radical (unpaired) electrons. The van der Waals surface area contributed by atoms with Crippen molar-refractivity contribution in [3.05, 3.63) is 77.5 Å². The molecule has 2 aliphatic rings. The van der Waals surface area contributed by atoms with E-state index in [0.717, 1.165) is 52.1 Å². The topological polar surface area (TPSA) is 69.9 Å². The van der Waals surface area contributed by atoms with E-state index in [9.17, 15) is 4.79 Å². The number of aryl methyl sites for hydroxylation is 2. The summed E-state index contributed by atoms with van der Waals surface area (Å²) < 4.78 is 24.9. The summed E-state index contributed by atoms with van der Waals surface area (Å²) in [6.07, 6.45) is 2.97. The van der Waals surface area contributed by atoms with Crippen molar-refractivity contribution in [3.8, 4) is 34.3 Å². The van der Waals surface area contributed by atoms with Gasteiger partial charge in [-0.25, -0.2) is 0 Å². The highest BCUT2D eigenvalue weighted by Crippen LogP contribution is 2.43. The highest BCUT2D eigenvalue weighted by molar-refractivity contribution is 5.97. The van der Waals surface area contributed by atoms with Gasteiger partial charge in [0.05, 0.1) is 37.3 Å². The molecule has 0 aliphatic carbocycles. The molecule has 8 heteroatoms. The second-order valence-electron chi connectivity index (χ2n) is 8.57. The van der Waals surface area contributed by atoms with E-state index in [1.54, 1.807) is 14.2 Å². The summed E-state index contributed by atoms with van der Waals surface area (Å²) >= 11 is 0. The molecular weight excluding hydrogens is 571 g/mol. The Kier molecular flexibility index (Phi) is 6.61. The van der Waals surface area contributed by atoms with E-state index in [0.29, 0.717) is 23.6 Å². The molecule has 4 aromatic rings. The predicted molar refractivity (Wildman–Crippen MR) is 130 cm³/mol. The number of amides is 1. The summed E-state index contributed by atoms with van der Waals surface area (Å²) in [6, 6.07) is 17.3. The van der Waals surface area contributed by atoms with Crippen molar-refractivity contribution >= 4 is 16.7 Å². The Labute approximate surface area is 226 Å². The number of aromatic nitrogens is 1. The Balaban J connectivity index is 0.00000267. The van der Waals surface area contributed by atoms with Crippen LogP contribution in [-0.4, -0.2) is 26.9 Å².